The van der Waals surface area contributed by atoms with Gasteiger partial charge in [-0.05, 0) is 26.0 Å². The molecule has 2 heterocycles. The van der Waals surface area contributed by atoms with Crippen LogP contribution in [0.5, 0.6) is 0 Å². The maximum Gasteiger partial charge on any atom is 0.292 e. The number of nitrogens with zero attached hydrogens (tertiary/aromatic N) is 2. The van der Waals surface area contributed by atoms with E-state index in [2.05, 4.69) is 5.16 Å². The van der Waals surface area contributed by atoms with Crippen molar-refractivity contribution in [1.82, 2.24) is 10.1 Å². The Morgan fingerprint density at radius 2 is 2.18 bits per heavy atom. The molecule has 0 fully saturated rings. The van der Waals surface area contributed by atoms with Crippen LogP contribution in [0.1, 0.15) is 27.8 Å². The molecule has 0 saturated heterocycles. The van der Waals surface area contributed by atoms with E-state index in [-0.39, 0.29) is 11.7 Å². The van der Waals surface area contributed by atoms with Crippen molar-refractivity contribution in [2.24, 2.45) is 0 Å². The topological polar surface area (TPSA) is 59.5 Å². The van der Waals surface area contributed by atoms with Crippen LogP contribution in [0.25, 0.3) is 0 Å². The van der Waals surface area contributed by atoms with Gasteiger partial charge in [-0.3, -0.25) is 4.79 Å². The smallest absolute Gasteiger partial charge is 0.292 e. The second kappa shape index (κ2) is 4.45. The van der Waals surface area contributed by atoms with Gasteiger partial charge in [0.1, 0.15) is 11.5 Å². The molecule has 1 amide bonds. The van der Waals surface area contributed by atoms with Gasteiger partial charge in [-0.25, -0.2) is 0 Å². The Morgan fingerprint density at radius 1 is 1.41 bits per heavy atom. The van der Waals surface area contributed by atoms with Crippen LogP contribution in [-0.2, 0) is 6.54 Å². The number of aromatic nitrogens is 1. The summed E-state index contributed by atoms with van der Waals surface area (Å²) in [6, 6.07) is 5.34. The number of rotatable bonds is 3. The van der Waals surface area contributed by atoms with Crippen LogP contribution in [0.15, 0.2) is 27.1 Å². The molecule has 17 heavy (non-hydrogen) atoms. The van der Waals surface area contributed by atoms with Gasteiger partial charge >= 0.3 is 0 Å². The van der Waals surface area contributed by atoms with Crippen molar-refractivity contribution in [3.8, 4) is 0 Å². The standard InChI is InChI=1S/C12H14N2O3/c1-8-6-11(17-13-8)12(15)14(3)7-10-5-4-9(2)16-10/h4-6H,7H2,1-3H3. The van der Waals surface area contributed by atoms with Crippen LogP contribution in [-0.4, -0.2) is 23.0 Å². The lowest BCUT2D eigenvalue weighted by Crippen LogP contribution is -2.25. The number of hydrogen-bond donors (Lipinski definition) is 0. The first-order valence-corrected chi connectivity index (χ1v) is 5.30. The highest BCUT2D eigenvalue weighted by molar-refractivity contribution is 5.91. The van der Waals surface area contributed by atoms with E-state index >= 15 is 0 Å². The van der Waals surface area contributed by atoms with Crippen molar-refractivity contribution in [1.29, 1.82) is 0 Å². The van der Waals surface area contributed by atoms with Gasteiger partial charge in [0.05, 0.1) is 12.2 Å². The molecule has 0 saturated carbocycles. The zero-order valence-corrected chi connectivity index (χ0v) is 10.1. The molecule has 0 N–H and O–H groups in total. The maximum atomic E-state index is 11.9. The highest BCUT2D eigenvalue weighted by Crippen LogP contribution is 2.11. The van der Waals surface area contributed by atoms with Gasteiger partial charge in [-0.15, -0.1) is 0 Å². The van der Waals surface area contributed by atoms with E-state index in [0.29, 0.717) is 12.2 Å². The van der Waals surface area contributed by atoms with Crippen LogP contribution in [0, 0.1) is 13.8 Å². The Balaban J connectivity index is 2.05. The fourth-order valence-corrected chi connectivity index (χ4v) is 1.53. The lowest BCUT2D eigenvalue weighted by molar-refractivity contribution is 0.0733. The molecule has 2 aromatic rings. The molecule has 0 aliphatic carbocycles. The van der Waals surface area contributed by atoms with Crippen LogP contribution >= 0.6 is 0 Å². The van der Waals surface area contributed by atoms with Gasteiger partial charge in [0.15, 0.2) is 0 Å². The van der Waals surface area contributed by atoms with Crippen molar-refractivity contribution in [2.75, 3.05) is 7.05 Å². The average molecular weight is 234 g/mol. The van der Waals surface area contributed by atoms with Gasteiger partial charge < -0.3 is 13.8 Å². The number of carbonyl (C=O) groups is 1. The summed E-state index contributed by atoms with van der Waals surface area (Å²) in [6.45, 7) is 4.05. The maximum absolute atomic E-state index is 11.9. The Kier molecular flexibility index (Phi) is 2.99. The summed E-state index contributed by atoms with van der Waals surface area (Å²) in [5.74, 6) is 1.61. The first-order valence-electron chi connectivity index (χ1n) is 5.30. The summed E-state index contributed by atoms with van der Waals surface area (Å²) >= 11 is 0. The van der Waals surface area contributed by atoms with E-state index in [1.54, 1.807) is 20.0 Å². The number of hydrogen-bond acceptors (Lipinski definition) is 4. The minimum absolute atomic E-state index is 0.209. The highest BCUT2D eigenvalue weighted by Gasteiger charge is 2.17. The van der Waals surface area contributed by atoms with E-state index in [9.17, 15) is 4.79 Å². The summed E-state index contributed by atoms with van der Waals surface area (Å²) in [5, 5.41) is 3.69. The minimum Gasteiger partial charge on any atom is -0.464 e. The van der Waals surface area contributed by atoms with E-state index in [0.717, 1.165) is 11.5 Å². The molecule has 90 valence electrons. The van der Waals surface area contributed by atoms with E-state index in [4.69, 9.17) is 8.94 Å². The largest absolute Gasteiger partial charge is 0.464 e. The molecular weight excluding hydrogens is 220 g/mol. The zero-order valence-electron chi connectivity index (χ0n) is 10.1. The van der Waals surface area contributed by atoms with Crippen LogP contribution in [0.2, 0.25) is 0 Å². The van der Waals surface area contributed by atoms with Crippen LogP contribution in [0.3, 0.4) is 0 Å². The molecule has 0 spiro atoms. The van der Waals surface area contributed by atoms with Gasteiger partial charge in [0.2, 0.25) is 5.76 Å². The molecule has 2 rings (SSSR count). The molecule has 5 nitrogen and oxygen atoms in total. The normalized spacial score (nSPS) is 10.5. The molecule has 5 heteroatoms. The van der Waals surface area contributed by atoms with Crippen molar-refractivity contribution in [3.63, 3.8) is 0 Å². The first-order chi connectivity index (χ1) is 8.06. The molecule has 0 unspecified atom stereocenters. The molecular formula is C12H14N2O3. The highest BCUT2D eigenvalue weighted by atomic mass is 16.5. The van der Waals surface area contributed by atoms with E-state index in [1.165, 1.54) is 4.90 Å². The fraction of sp³-hybridized carbons (Fsp3) is 0.333. The average Bonchev–Trinajstić information content (AvgIpc) is 2.87. The number of aryl methyl sites for hydroxylation is 2. The molecule has 0 aliphatic heterocycles. The third kappa shape index (κ3) is 2.55. The quantitative estimate of drug-likeness (QED) is 0.816. The number of furan rings is 1. The summed E-state index contributed by atoms with van der Waals surface area (Å²) in [7, 11) is 1.69. The SMILES string of the molecule is Cc1cc(C(=O)N(C)Cc2ccc(C)o2)on1. The summed E-state index contributed by atoms with van der Waals surface area (Å²) in [6.07, 6.45) is 0. The third-order valence-corrected chi connectivity index (χ3v) is 2.37. The fourth-order valence-electron chi connectivity index (χ4n) is 1.53. The lowest BCUT2D eigenvalue weighted by Gasteiger charge is -2.13. The van der Waals surface area contributed by atoms with Crippen LogP contribution in [0.4, 0.5) is 0 Å². The molecule has 0 radical (unpaired) electrons. The Bertz CT molecular complexity index is 527. The monoisotopic (exact) mass is 234 g/mol. The molecule has 0 atom stereocenters. The first kappa shape index (κ1) is 11.4. The van der Waals surface area contributed by atoms with Gasteiger partial charge in [-0.2, -0.15) is 0 Å². The van der Waals surface area contributed by atoms with Crippen LogP contribution < -0.4 is 0 Å². The molecule has 0 aliphatic rings. The van der Waals surface area contributed by atoms with Gasteiger partial charge in [0, 0.05) is 13.1 Å². The molecule has 0 aromatic carbocycles. The second-order valence-corrected chi connectivity index (χ2v) is 4.01. The van der Waals surface area contributed by atoms with Crippen molar-refractivity contribution in [2.45, 2.75) is 20.4 Å². The summed E-state index contributed by atoms with van der Waals surface area (Å²) in [4.78, 5) is 13.4. The predicted octanol–water partition coefficient (Wildman–Crippen LogP) is 2.16. The number of amides is 1. The van der Waals surface area contributed by atoms with Crippen molar-refractivity contribution < 1.29 is 13.7 Å². The third-order valence-electron chi connectivity index (χ3n) is 2.37. The zero-order chi connectivity index (χ0) is 12.4. The molecule has 0 bridgehead atoms. The predicted molar refractivity (Wildman–Crippen MR) is 60.5 cm³/mol. The minimum atomic E-state index is -0.209. The van der Waals surface area contributed by atoms with Crippen molar-refractivity contribution in [3.05, 3.63) is 41.2 Å². The Morgan fingerprint density at radius 3 is 2.71 bits per heavy atom. The number of carbonyl (C=O) groups excluding carboxylic acids is 1. The van der Waals surface area contributed by atoms with Crippen molar-refractivity contribution >= 4 is 5.91 Å². The molecule has 2 aromatic heterocycles. The summed E-state index contributed by atoms with van der Waals surface area (Å²) < 4.78 is 10.3. The second-order valence-electron chi connectivity index (χ2n) is 4.01. The summed E-state index contributed by atoms with van der Waals surface area (Å²) in [5.41, 5.74) is 0.690. The Labute approximate surface area is 99.0 Å². The Hall–Kier alpha value is -2.04. The van der Waals surface area contributed by atoms with E-state index < -0.39 is 0 Å². The lowest BCUT2D eigenvalue weighted by atomic mass is 10.3. The van der Waals surface area contributed by atoms with E-state index in [1.807, 2.05) is 19.1 Å². The van der Waals surface area contributed by atoms with Gasteiger partial charge in [-0.1, -0.05) is 5.16 Å². The van der Waals surface area contributed by atoms with Gasteiger partial charge in [0.25, 0.3) is 5.91 Å².